The van der Waals surface area contributed by atoms with Gasteiger partial charge >= 0.3 is 5.97 Å². The maximum Gasteiger partial charge on any atom is 0.316 e. The van der Waals surface area contributed by atoms with Gasteiger partial charge in [0.1, 0.15) is 11.5 Å². The first-order valence-electron chi connectivity index (χ1n) is 3.82. The molecule has 4 nitrogen and oxygen atoms in total. The van der Waals surface area contributed by atoms with Crippen molar-refractivity contribution in [2.24, 2.45) is 5.41 Å². The summed E-state index contributed by atoms with van der Waals surface area (Å²) in [5, 5.41) is 17.9. The summed E-state index contributed by atoms with van der Waals surface area (Å²) in [4.78, 5) is 22.0. The van der Waals surface area contributed by atoms with E-state index in [0.29, 0.717) is 0 Å². The lowest BCUT2D eigenvalue weighted by Crippen LogP contribution is -2.40. The number of hydrogen-bond donors (Lipinski definition) is 2. The molecule has 0 aromatic rings. The molecule has 0 aromatic heterocycles. The Labute approximate surface area is 76.9 Å². The molecule has 13 heavy (non-hydrogen) atoms. The van der Waals surface area contributed by atoms with Crippen LogP contribution in [0.5, 0.6) is 0 Å². The molecule has 0 saturated carbocycles. The largest absolute Gasteiger partial charge is 0.481 e. The highest BCUT2D eigenvalue weighted by atomic mass is 16.4. The van der Waals surface area contributed by atoms with Crippen LogP contribution in [0.1, 0.15) is 20.8 Å². The standard InChI is InChI=1S/C9H14O4/c1-5(2)6(10)7(11)9(3,4)8(12)13/h6,10H,1H2,2-4H3,(H,12,13). The van der Waals surface area contributed by atoms with E-state index in [0.717, 1.165) is 0 Å². The second-order valence-electron chi connectivity index (χ2n) is 3.54. The van der Waals surface area contributed by atoms with Crippen LogP contribution in [0.25, 0.3) is 0 Å². The Hall–Kier alpha value is -1.16. The monoisotopic (exact) mass is 186 g/mol. The average molecular weight is 186 g/mol. The van der Waals surface area contributed by atoms with E-state index in [2.05, 4.69) is 6.58 Å². The van der Waals surface area contributed by atoms with Crippen molar-refractivity contribution in [2.75, 3.05) is 0 Å². The molecule has 74 valence electrons. The van der Waals surface area contributed by atoms with E-state index in [1.54, 1.807) is 0 Å². The van der Waals surface area contributed by atoms with Gasteiger partial charge in [0.2, 0.25) is 0 Å². The van der Waals surface area contributed by atoms with Crippen molar-refractivity contribution in [3.8, 4) is 0 Å². The summed E-state index contributed by atoms with van der Waals surface area (Å²) >= 11 is 0. The van der Waals surface area contributed by atoms with Crippen LogP contribution in [0.4, 0.5) is 0 Å². The van der Waals surface area contributed by atoms with Crippen molar-refractivity contribution in [2.45, 2.75) is 26.9 Å². The maximum absolute atomic E-state index is 11.4. The van der Waals surface area contributed by atoms with Crippen LogP contribution in [-0.2, 0) is 9.59 Å². The number of carboxylic acids is 1. The van der Waals surface area contributed by atoms with Gasteiger partial charge in [0.05, 0.1) is 0 Å². The first-order chi connectivity index (χ1) is 5.71. The third-order valence-electron chi connectivity index (χ3n) is 1.87. The quantitative estimate of drug-likeness (QED) is 0.498. The van der Waals surface area contributed by atoms with Gasteiger partial charge in [0.15, 0.2) is 5.78 Å². The van der Waals surface area contributed by atoms with Gasteiger partial charge < -0.3 is 10.2 Å². The van der Waals surface area contributed by atoms with Gasteiger partial charge in [-0.1, -0.05) is 6.58 Å². The molecule has 0 saturated heterocycles. The Morgan fingerprint density at radius 1 is 1.38 bits per heavy atom. The fourth-order valence-corrected chi connectivity index (χ4v) is 0.671. The molecule has 0 aromatic carbocycles. The van der Waals surface area contributed by atoms with Crippen molar-refractivity contribution >= 4 is 11.8 Å². The number of carbonyl (C=O) groups excluding carboxylic acids is 1. The lowest BCUT2D eigenvalue weighted by atomic mass is 9.84. The molecule has 0 aliphatic rings. The third-order valence-corrected chi connectivity index (χ3v) is 1.87. The molecular weight excluding hydrogens is 172 g/mol. The number of hydrogen-bond acceptors (Lipinski definition) is 3. The van der Waals surface area contributed by atoms with E-state index in [1.165, 1.54) is 20.8 Å². The Kier molecular flexibility index (Phi) is 3.37. The molecule has 1 atom stereocenters. The minimum Gasteiger partial charge on any atom is -0.481 e. The third kappa shape index (κ3) is 2.39. The van der Waals surface area contributed by atoms with Crippen LogP contribution in [0.3, 0.4) is 0 Å². The highest BCUT2D eigenvalue weighted by molar-refractivity contribution is 6.05. The van der Waals surface area contributed by atoms with Crippen molar-refractivity contribution in [3.63, 3.8) is 0 Å². The van der Waals surface area contributed by atoms with Crippen molar-refractivity contribution in [1.82, 2.24) is 0 Å². The van der Waals surface area contributed by atoms with Crippen molar-refractivity contribution < 1.29 is 19.8 Å². The summed E-state index contributed by atoms with van der Waals surface area (Å²) in [7, 11) is 0. The number of rotatable bonds is 4. The minimum absolute atomic E-state index is 0.249. The number of carboxylic acid groups (broad SMARTS) is 1. The molecule has 0 heterocycles. The molecule has 0 aliphatic carbocycles. The summed E-state index contributed by atoms with van der Waals surface area (Å²) in [6.45, 7) is 7.37. The zero-order valence-corrected chi connectivity index (χ0v) is 8.00. The van der Waals surface area contributed by atoms with Crippen LogP contribution in [-0.4, -0.2) is 28.1 Å². The summed E-state index contributed by atoms with van der Waals surface area (Å²) in [6, 6.07) is 0. The van der Waals surface area contributed by atoms with E-state index in [9.17, 15) is 14.7 Å². The first-order valence-corrected chi connectivity index (χ1v) is 3.82. The average Bonchev–Trinajstić information content (AvgIpc) is 2.01. The number of aliphatic hydroxyl groups is 1. The molecule has 2 N–H and O–H groups in total. The fourth-order valence-electron chi connectivity index (χ4n) is 0.671. The number of aliphatic carboxylic acids is 1. The Balaban J connectivity index is 4.79. The van der Waals surface area contributed by atoms with Gasteiger partial charge in [-0.05, 0) is 26.3 Å². The SMILES string of the molecule is C=C(C)C(O)C(=O)C(C)(C)C(=O)O. The summed E-state index contributed by atoms with van der Waals surface area (Å²) in [6.07, 6.45) is -1.40. The van der Waals surface area contributed by atoms with Crippen LogP contribution < -0.4 is 0 Å². The summed E-state index contributed by atoms with van der Waals surface area (Å²) in [5.74, 6) is -2.00. The van der Waals surface area contributed by atoms with Gasteiger partial charge in [-0.3, -0.25) is 9.59 Å². The summed E-state index contributed by atoms with van der Waals surface area (Å²) in [5.41, 5.74) is -1.32. The zero-order chi connectivity index (χ0) is 10.8. The molecule has 0 aliphatic heterocycles. The Bertz CT molecular complexity index is 252. The van der Waals surface area contributed by atoms with Crippen LogP contribution in [0.15, 0.2) is 12.2 Å². The highest BCUT2D eigenvalue weighted by Crippen LogP contribution is 2.20. The molecule has 0 fully saturated rings. The predicted molar refractivity (Wildman–Crippen MR) is 47.2 cm³/mol. The normalized spacial score (nSPS) is 13.5. The molecule has 0 amide bonds. The van der Waals surface area contributed by atoms with E-state index in [-0.39, 0.29) is 5.57 Å². The van der Waals surface area contributed by atoms with Gasteiger partial charge in [-0.25, -0.2) is 0 Å². The molecule has 0 radical (unpaired) electrons. The van der Waals surface area contributed by atoms with Crippen molar-refractivity contribution in [3.05, 3.63) is 12.2 Å². The Morgan fingerprint density at radius 2 is 1.77 bits per heavy atom. The topological polar surface area (TPSA) is 74.6 Å². The van der Waals surface area contributed by atoms with Crippen LogP contribution >= 0.6 is 0 Å². The first kappa shape index (κ1) is 11.8. The van der Waals surface area contributed by atoms with Gasteiger partial charge in [-0.2, -0.15) is 0 Å². The molecule has 0 bridgehead atoms. The fraction of sp³-hybridized carbons (Fsp3) is 0.556. The lowest BCUT2D eigenvalue weighted by molar-refractivity contribution is -0.155. The van der Waals surface area contributed by atoms with Crippen LogP contribution in [0, 0.1) is 5.41 Å². The number of carbonyl (C=O) groups is 2. The molecular formula is C9H14O4. The second-order valence-corrected chi connectivity index (χ2v) is 3.54. The second kappa shape index (κ2) is 3.70. The van der Waals surface area contributed by atoms with E-state index in [4.69, 9.17) is 5.11 Å². The van der Waals surface area contributed by atoms with Gasteiger partial charge in [0.25, 0.3) is 0 Å². The molecule has 4 heteroatoms. The number of aliphatic hydroxyl groups excluding tert-OH is 1. The van der Waals surface area contributed by atoms with Gasteiger partial charge in [0, 0.05) is 0 Å². The minimum atomic E-state index is -1.57. The zero-order valence-electron chi connectivity index (χ0n) is 8.00. The van der Waals surface area contributed by atoms with Crippen molar-refractivity contribution in [1.29, 1.82) is 0 Å². The smallest absolute Gasteiger partial charge is 0.316 e. The molecule has 0 spiro atoms. The lowest BCUT2D eigenvalue weighted by Gasteiger charge is -2.21. The van der Waals surface area contributed by atoms with E-state index < -0.39 is 23.3 Å². The summed E-state index contributed by atoms with van der Waals surface area (Å²) < 4.78 is 0. The van der Waals surface area contributed by atoms with Crippen LogP contribution in [0.2, 0.25) is 0 Å². The van der Waals surface area contributed by atoms with Gasteiger partial charge in [-0.15, -0.1) is 0 Å². The van der Waals surface area contributed by atoms with E-state index >= 15 is 0 Å². The number of Topliss-reactive ketones (excluding diaryl/α,β-unsaturated/α-hetero) is 1. The Morgan fingerprint density at radius 3 is 2.00 bits per heavy atom. The predicted octanol–water partition coefficient (Wildman–Crippen LogP) is 0.603. The highest BCUT2D eigenvalue weighted by Gasteiger charge is 2.39. The molecule has 1 unspecified atom stereocenters. The maximum atomic E-state index is 11.4. The molecule has 0 rings (SSSR count). The number of ketones is 1. The van der Waals surface area contributed by atoms with E-state index in [1.807, 2.05) is 0 Å².